The van der Waals surface area contributed by atoms with Crippen LogP contribution in [0.2, 0.25) is 0 Å². The average molecular weight is 349 g/mol. The Bertz CT molecular complexity index is 902. The van der Waals surface area contributed by atoms with Gasteiger partial charge >= 0.3 is 0 Å². The summed E-state index contributed by atoms with van der Waals surface area (Å²) in [4.78, 5) is 13.9. The summed E-state index contributed by atoms with van der Waals surface area (Å²) in [6.45, 7) is 4.58. The lowest BCUT2D eigenvalue weighted by Crippen LogP contribution is -2.16. The van der Waals surface area contributed by atoms with Crippen LogP contribution < -0.4 is 10.6 Å². The van der Waals surface area contributed by atoms with Gasteiger partial charge in [-0.3, -0.25) is 9.67 Å². The van der Waals surface area contributed by atoms with Crippen molar-refractivity contribution >= 4 is 5.82 Å². The second kappa shape index (κ2) is 7.21. The number of hydrogen-bond acceptors (Lipinski definition) is 6. The molecule has 0 spiro atoms. The van der Waals surface area contributed by atoms with Crippen LogP contribution in [0.4, 0.5) is 5.82 Å². The molecule has 7 heteroatoms. The first kappa shape index (κ1) is 16.7. The van der Waals surface area contributed by atoms with Gasteiger partial charge in [-0.2, -0.15) is 5.10 Å². The summed E-state index contributed by atoms with van der Waals surface area (Å²) in [6, 6.07) is 6.01. The van der Waals surface area contributed by atoms with Crippen LogP contribution in [0.1, 0.15) is 22.6 Å². The quantitative estimate of drug-likeness (QED) is 0.749. The van der Waals surface area contributed by atoms with Gasteiger partial charge in [-0.15, -0.1) is 0 Å². The van der Waals surface area contributed by atoms with E-state index in [0.717, 1.165) is 60.2 Å². The van der Waals surface area contributed by atoms with Gasteiger partial charge in [0.1, 0.15) is 5.82 Å². The molecule has 0 unspecified atom stereocenters. The van der Waals surface area contributed by atoms with E-state index in [1.165, 1.54) is 5.56 Å². The molecule has 0 amide bonds. The predicted molar refractivity (Wildman–Crippen MR) is 101 cm³/mol. The third-order valence-electron chi connectivity index (χ3n) is 4.64. The molecule has 4 rings (SSSR count). The van der Waals surface area contributed by atoms with E-state index < -0.39 is 0 Å². The number of aromatic nitrogens is 5. The number of aryl methyl sites for hydroxylation is 2. The average Bonchev–Trinajstić information content (AvgIpc) is 2.84. The van der Waals surface area contributed by atoms with Crippen LogP contribution in [-0.2, 0) is 26.4 Å². The Morgan fingerprint density at radius 2 is 2.12 bits per heavy atom. The summed E-state index contributed by atoms with van der Waals surface area (Å²) in [5.41, 5.74) is 5.41. The monoisotopic (exact) mass is 349 g/mol. The molecule has 1 aliphatic heterocycles. The van der Waals surface area contributed by atoms with E-state index >= 15 is 0 Å². The smallest absolute Gasteiger partial charge is 0.163 e. The molecule has 3 aromatic heterocycles. The van der Waals surface area contributed by atoms with Crippen LogP contribution in [-0.4, -0.2) is 37.8 Å². The highest BCUT2D eigenvalue weighted by Crippen LogP contribution is 2.24. The molecular formula is C19H23N7. The highest BCUT2D eigenvalue weighted by molar-refractivity contribution is 5.59. The Morgan fingerprint density at radius 3 is 2.88 bits per heavy atom. The van der Waals surface area contributed by atoms with Gasteiger partial charge in [0.05, 0.1) is 23.6 Å². The second-order valence-corrected chi connectivity index (χ2v) is 6.57. The standard InChI is InChI=1S/C19H23N7/c1-13-10-15(26(2)25-13)12-22-19-16-5-8-20-9-6-17(16)23-18(24-19)14-4-3-7-21-11-14/h3-4,7,10-11,20H,5-6,8-9,12H2,1-2H3,(H,22,23,24). The van der Waals surface area contributed by atoms with Crippen molar-refractivity contribution < 1.29 is 0 Å². The van der Waals surface area contributed by atoms with Crippen molar-refractivity contribution in [3.05, 3.63) is 53.2 Å². The molecule has 134 valence electrons. The van der Waals surface area contributed by atoms with Gasteiger partial charge in [0.15, 0.2) is 5.82 Å². The van der Waals surface area contributed by atoms with Crippen molar-refractivity contribution in [1.29, 1.82) is 0 Å². The maximum absolute atomic E-state index is 4.83. The van der Waals surface area contributed by atoms with Crippen LogP contribution in [0.15, 0.2) is 30.6 Å². The molecule has 3 aromatic rings. The fraction of sp³-hybridized carbons (Fsp3) is 0.368. The van der Waals surface area contributed by atoms with Gasteiger partial charge in [-0.1, -0.05) is 0 Å². The first-order valence-electron chi connectivity index (χ1n) is 8.95. The van der Waals surface area contributed by atoms with Crippen LogP contribution >= 0.6 is 0 Å². The van der Waals surface area contributed by atoms with Gasteiger partial charge in [0.2, 0.25) is 0 Å². The molecular weight excluding hydrogens is 326 g/mol. The van der Waals surface area contributed by atoms with Gasteiger partial charge in [-0.05, 0) is 38.1 Å². The topological polar surface area (TPSA) is 80.5 Å². The van der Waals surface area contributed by atoms with Crippen molar-refractivity contribution in [1.82, 2.24) is 30.0 Å². The van der Waals surface area contributed by atoms with E-state index in [0.29, 0.717) is 6.54 Å². The Balaban J connectivity index is 1.70. The number of nitrogens with zero attached hydrogens (tertiary/aromatic N) is 5. The minimum atomic E-state index is 0.681. The Hall–Kier alpha value is -2.80. The van der Waals surface area contributed by atoms with Crippen molar-refractivity contribution in [2.45, 2.75) is 26.3 Å². The van der Waals surface area contributed by atoms with Crippen LogP contribution in [0, 0.1) is 6.92 Å². The largest absolute Gasteiger partial charge is 0.364 e. The molecule has 7 nitrogen and oxygen atoms in total. The summed E-state index contributed by atoms with van der Waals surface area (Å²) < 4.78 is 1.91. The molecule has 4 heterocycles. The molecule has 2 N–H and O–H groups in total. The lowest BCUT2D eigenvalue weighted by atomic mass is 10.1. The predicted octanol–water partition coefficient (Wildman–Crippen LogP) is 1.88. The number of rotatable bonds is 4. The van der Waals surface area contributed by atoms with Crippen LogP contribution in [0.25, 0.3) is 11.4 Å². The number of pyridine rings is 1. The first-order valence-corrected chi connectivity index (χ1v) is 8.95. The Labute approximate surface area is 152 Å². The molecule has 0 saturated carbocycles. The Kier molecular flexibility index (Phi) is 4.62. The van der Waals surface area contributed by atoms with Gasteiger partial charge < -0.3 is 10.6 Å². The zero-order valence-electron chi connectivity index (χ0n) is 15.2. The van der Waals surface area contributed by atoms with E-state index in [-0.39, 0.29) is 0 Å². The summed E-state index contributed by atoms with van der Waals surface area (Å²) in [7, 11) is 1.97. The fourth-order valence-electron chi connectivity index (χ4n) is 3.32. The van der Waals surface area contributed by atoms with E-state index in [4.69, 9.17) is 9.97 Å². The third-order valence-corrected chi connectivity index (χ3v) is 4.64. The molecule has 0 aliphatic carbocycles. The lowest BCUT2D eigenvalue weighted by molar-refractivity contribution is 0.707. The highest BCUT2D eigenvalue weighted by Gasteiger charge is 2.17. The minimum Gasteiger partial charge on any atom is -0.364 e. The Morgan fingerprint density at radius 1 is 1.23 bits per heavy atom. The molecule has 0 saturated heterocycles. The minimum absolute atomic E-state index is 0.681. The molecule has 0 atom stereocenters. The van der Waals surface area contributed by atoms with Gasteiger partial charge in [0, 0.05) is 43.5 Å². The second-order valence-electron chi connectivity index (χ2n) is 6.57. The van der Waals surface area contributed by atoms with Crippen molar-refractivity contribution in [2.75, 3.05) is 18.4 Å². The molecule has 0 aromatic carbocycles. The van der Waals surface area contributed by atoms with E-state index in [9.17, 15) is 0 Å². The molecule has 0 radical (unpaired) electrons. The fourth-order valence-corrected chi connectivity index (χ4v) is 3.32. The first-order chi connectivity index (χ1) is 12.7. The van der Waals surface area contributed by atoms with Gasteiger partial charge in [-0.25, -0.2) is 9.97 Å². The molecule has 1 aliphatic rings. The van der Waals surface area contributed by atoms with Crippen molar-refractivity contribution in [2.24, 2.45) is 7.05 Å². The number of nitrogens with one attached hydrogen (secondary N) is 2. The molecule has 26 heavy (non-hydrogen) atoms. The number of hydrogen-bond donors (Lipinski definition) is 2. The zero-order chi connectivity index (χ0) is 17.9. The molecule has 0 fully saturated rings. The SMILES string of the molecule is Cc1cc(CNc2nc(-c3cccnc3)nc3c2CCNCC3)n(C)n1. The van der Waals surface area contributed by atoms with Gasteiger partial charge in [0.25, 0.3) is 0 Å². The highest BCUT2D eigenvalue weighted by atomic mass is 15.3. The normalized spacial score (nSPS) is 13.9. The van der Waals surface area contributed by atoms with Crippen LogP contribution in [0.3, 0.4) is 0 Å². The number of fused-ring (bicyclic) bond motifs is 1. The number of anilines is 1. The van der Waals surface area contributed by atoms with E-state index in [1.807, 2.05) is 37.0 Å². The van der Waals surface area contributed by atoms with Crippen molar-refractivity contribution in [3.63, 3.8) is 0 Å². The maximum atomic E-state index is 4.83. The van der Waals surface area contributed by atoms with E-state index in [2.05, 4.69) is 26.8 Å². The van der Waals surface area contributed by atoms with Crippen LogP contribution in [0.5, 0.6) is 0 Å². The van der Waals surface area contributed by atoms with E-state index in [1.54, 1.807) is 6.20 Å². The summed E-state index contributed by atoms with van der Waals surface area (Å²) in [6.07, 6.45) is 5.41. The maximum Gasteiger partial charge on any atom is 0.163 e. The van der Waals surface area contributed by atoms with Crippen molar-refractivity contribution in [3.8, 4) is 11.4 Å². The summed E-state index contributed by atoms with van der Waals surface area (Å²) >= 11 is 0. The lowest BCUT2D eigenvalue weighted by Gasteiger charge is -2.15. The summed E-state index contributed by atoms with van der Waals surface area (Å²) in [5.74, 6) is 1.64. The molecule has 0 bridgehead atoms. The summed E-state index contributed by atoms with van der Waals surface area (Å²) in [5, 5.41) is 11.4. The zero-order valence-corrected chi connectivity index (χ0v) is 15.2. The third kappa shape index (κ3) is 3.43.